The maximum Gasteiger partial charge on any atom is 0.333 e. The normalized spacial score (nSPS) is 14.6. The van der Waals surface area contributed by atoms with Crippen molar-refractivity contribution in [1.29, 1.82) is 0 Å². The Hall–Kier alpha value is -2.45. The number of rotatable bonds is 4. The van der Waals surface area contributed by atoms with E-state index in [4.69, 9.17) is 4.74 Å². The lowest BCUT2D eigenvalue weighted by atomic mass is 10.1. The van der Waals surface area contributed by atoms with Crippen LogP contribution in [0.15, 0.2) is 57.0 Å². The van der Waals surface area contributed by atoms with Crippen LogP contribution in [-0.2, 0) is 16.2 Å². The van der Waals surface area contributed by atoms with Crippen LogP contribution in [0.5, 0.6) is 5.75 Å². The Morgan fingerprint density at radius 3 is 2.18 bits per heavy atom. The Bertz CT molecular complexity index is 963. The molecule has 0 spiro atoms. The molecule has 4 amide bonds. The number of likely N-dealkylation sites (N-methyl/N-ethyl adjacent to an activating group) is 2. The number of halogens is 2. The maximum absolute atomic E-state index is 12.5. The predicted molar refractivity (Wildman–Crippen MR) is 112 cm³/mol. The van der Waals surface area contributed by atoms with Crippen LogP contribution >= 0.6 is 31.9 Å². The van der Waals surface area contributed by atoms with Gasteiger partial charge in [-0.15, -0.1) is 0 Å². The Balaban J connectivity index is 2.01. The number of benzene rings is 2. The van der Waals surface area contributed by atoms with Crippen LogP contribution < -0.4 is 4.74 Å². The van der Waals surface area contributed by atoms with Crippen molar-refractivity contribution in [3.63, 3.8) is 0 Å². The molecular formula is C20H16Br2N2O4. The molecule has 1 fully saturated rings. The highest BCUT2D eigenvalue weighted by Crippen LogP contribution is 2.35. The van der Waals surface area contributed by atoms with Crippen LogP contribution in [0, 0.1) is 0 Å². The van der Waals surface area contributed by atoms with Gasteiger partial charge in [0.1, 0.15) is 17.9 Å². The van der Waals surface area contributed by atoms with E-state index < -0.39 is 17.8 Å². The number of amides is 4. The van der Waals surface area contributed by atoms with Gasteiger partial charge in [0, 0.05) is 24.1 Å². The van der Waals surface area contributed by atoms with Gasteiger partial charge >= 0.3 is 6.03 Å². The van der Waals surface area contributed by atoms with Gasteiger partial charge in [-0.2, -0.15) is 0 Å². The molecule has 8 heteroatoms. The van der Waals surface area contributed by atoms with Crippen molar-refractivity contribution in [3.8, 4) is 5.75 Å². The molecule has 144 valence electrons. The topological polar surface area (TPSA) is 66.9 Å². The SMILES string of the molecule is CN1C(=O)C(=Cc2cc(Br)cc(Br)c2OCc2ccccc2)C(=O)N(C)C1=O. The smallest absolute Gasteiger partial charge is 0.333 e. The van der Waals surface area contributed by atoms with Crippen molar-refractivity contribution >= 4 is 55.8 Å². The van der Waals surface area contributed by atoms with Crippen LogP contribution in [-0.4, -0.2) is 41.7 Å². The van der Waals surface area contributed by atoms with Gasteiger partial charge in [0.2, 0.25) is 0 Å². The molecule has 0 N–H and O–H groups in total. The summed E-state index contributed by atoms with van der Waals surface area (Å²) in [5, 5.41) is 0. The zero-order chi connectivity index (χ0) is 20.4. The van der Waals surface area contributed by atoms with E-state index in [2.05, 4.69) is 31.9 Å². The number of urea groups is 1. The van der Waals surface area contributed by atoms with E-state index in [1.807, 2.05) is 36.4 Å². The summed E-state index contributed by atoms with van der Waals surface area (Å²) in [5.41, 5.74) is 1.40. The molecule has 1 aliphatic heterocycles. The molecule has 3 rings (SSSR count). The third kappa shape index (κ3) is 4.02. The fourth-order valence-corrected chi connectivity index (χ4v) is 4.07. The maximum atomic E-state index is 12.5. The van der Waals surface area contributed by atoms with Gasteiger partial charge in [-0.3, -0.25) is 19.4 Å². The number of hydrogen-bond acceptors (Lipinski definition) is 4. The summed E-state index contributed by atoms with van der Waals surface area (Å²) in [4.78, 5) is 38.7. The molecule has 1 heterocycles. The molecule has 0 atom stereocenters. The molecule has 0 aliphatic carbocycles. The minimum Gasteiger partial charge on any atom is -0.487 e. The number of ether oxygens (including phenoxy) is 1. The zero-order valence-corrected chi connectivity index (χ0v) is 18.3. The second-order valence-electron chi connectivity index (χ2n) is 6.15. The number of barbiturate groups is 1. The van der Waals surface area contributed by atoms with Crippen molar-refractivity contribution < 1.29 is 19.1 Å². The average molecular weight is 508 g/mol. The molecule has 2 aromatic rings. The van der Waals surface area contributed by atoms with Crippen LogP contribution in [0.1, 0.15) is 11.1 Å². The van der Waals surface area contributed by atoms with Gasteiger partial charge in [-0.05, 0) is 39.7 Å². The molecule has 1 saturated heterocycles. The lowest BCUT2D eigenvalue weighted by Gasteiger charge is -2.29. The van der Waals surface area contributed by atoms with E-state index in [1.54, 1.807) is 6.07 Å². The molecule has 0 bridgehead atoms. The Morgan fingerprint density at radius 2 is 1.57 bits per heavy atom. The Labute approximate surface area is 179 Å². The summed E-state index contributed by atoms with van der Waals surface area (Å²) in [5.74, 6) is -0.821. The molecule has 0 radical (unpaired) electrons. The standard InChI is InChI=1S/C20H16Br2N2O4/c1-23-18(25)15(19(26)24(2)20(23)27)9-13-8-14(21)10-16(22)17(13)28-11-12-6-4-3-5-7-12/h3-10H,11H2,1-2H3. The van der Waals surface area contributed by atoms with Gasteiger partial charge in [0.25, 0.3) is 11.8 Å². The van der Waals surface area contributed by atoms with E-state index in [-0.39, 0.29) is 5.57 Å². The number of imide groups is 2. The zero-order valence-electron chi connectivity index (χ0n) is 15.1. The van der Waals surface area contributed by atoms with Crippen molar-refractivity contribution in [2.75, 3.05) is 14.1 Å². The molecule has 2 aromatic carbocycles. The molecule has 0 aromatic heterocycles. The molecule has 0 saturated carbocycles. The minimum atomic E-state index is -0.664. The highest BCUT2D eigenvalue weighted by atomic mass is 79.9. The first-order valence-corrected chi connectivity index (χ1v) is 9.85. The highest BCUT2D eigenvalue weighted by Gasteiger charge is 2.38. The van der Waals surface area contributed by atoms with E-state index in [1.165, 1.54) is 20.2 Å². The molecular weight excluding hydrogens is 492 g/mol. The van der Waals surface area contributed by atoms with Gasteiger partial charge < -0.3 is 4.74 Å². The number of carbonyl (C=O) groups excluding carboxylic acids is 3. The van der Waals surface area contributed by atoms with Crippen molar-refractivity contribution in [2.45, 2.75) is 6.61 Å². The quantitative estimate of drug-likeness (QED) is 0.459. The first-order valence-electron chi connectivity index (χ1n) is 8.27. The molecule has 1 aliphatic rings. The monoisotopic (exact) mass is 506 g/mol. The number of hydrogen-bond donors (Lipinski definition) is 0. The van der Waals surface area contributed by atoms with Crippen LogP contribution in [0.25, 0.3) is 6.08 Å². The number of nitrogens with zero attached hydrogens (tertiary/aromatic N) is 2. The van der Waals surface area contributed by atoms with Gasteiger partial charge in [-0.1, -0.05) is 46.3 Å². The van der Waals surface area contributed by atoms with E-state index in [9.17, 15) is 14.4 Å². The summed E-state index contributed by atoms with van der Waals surface area (Å²) in [6.07, 6.45) is 1.44. The van der Waals surface area contributed by atoms with Gasteiger partial charge in [0.15, 0.2) is 0 Å². The lowest BCUT2D eigenvalue weighted by Crippen LogP contribution is -2.52. The fourth-order valence-electron chi connectivity index (χ4n) is 2.70. The van der Waals surface area contributed by atoms with E-state index >= 15 is 0 Å². The molecule has 0 unspecified atom stereocenters. The first-order chi connectivity index (χ1) is 13.3. The van der Waals surface area contributed by atoms with Gasteiger partial charge in [0.05, 0.1) is 4.47 Å². The van der Waals surface area contributed by atoms with E-state index in [0.717, 1.165) is 19.8 Å². The highest BCUT2D eigenvalue weighted by molar-refractivity contribution is 9.11. The second-order valence-corrected chi connectivity index (χ2v) is 7.92. The Morgan fingerprint density at radius 1 is 0.964 bits per heavy atom. The van der Waals surface area contributed by atoms with Gasteiger partial charge in [-0.25, -0.2) is 4.79 Å². The summed E-state index contributed by atoms with van der Waals surface area (Å²) in [6, 6.07) is 12.5. The summed E-state index contributed by atoms with van der Waals surface area (Å²) in [7, 11) is 2.68. The lowest BCUT2D eigenvalue weighted by molar-refractivity contribution is -0.134. The van der Waals surface area contributed by atoms with Crippen LogP contribution in [0.3, 0.4) is 0 Å². The average Bonchev–Trinajstić information content (AvgIpc) is 2.68. The summed E-state index contributed by atoms with van der Waals surface area (Å²) >= 11 is 6.88. The van der Waals surface area contributed by atoms with Crippen LogP contribution in [0.2, 0.25) is 0 Å². The fraction of sp³-hybridized carbons (Fsp3) is 0.150. The van der Waals surface area contributed by atoms with Crippen molar-refractivity contribution in [3.05, 3.63) is 68.1 Å². The van der Waals surface area contributed by atoms with E-state index in [0.29, 0.717) is 22.4 Å². The predicted octanol–water partition coefficient (Wildman–Crippen LogP) is 4.22. The molecule has 28 heavy (non-hydrogen) atoms. The summed E-state index contributed by atoms with van der Waals surface area (Å²) in [6.45, 7) is 0.317. The molecule has 6 nitrogen and oxygen atoms in total. The second kappa shape index (κ2) is 8.28. The van der Waals surface area contributed by atoms with Crippen molar-refractivity contribution in [1.82, 2.24) is 9.80 Å². The van der Waals surface area contributed by atoms with Crippen LogP contribution in [0.4, 0.5) is 4.79 Å². The Kier molecular flexibility index (Phi) is 6.00. The third-order valence-corrected chi connectivity index (χ3v) is 5.25. The summed E-state index contributed by atoms with van der Waals surface area (Å²) < 4.78 is 7.37. The third-order valence-electron chi connectivity index (χ3n) is 4.21. The largest absolute Gasteiger partial charge is 0.487 e. The first kappa shape index (κ1) is 20.3. The van der Waals surface area contributed by atoms with Crippen molar-refractivity contribution in [2.24, 2.45) is 0 Å². The minimum absolute atomic E-state index is 0.112. The number of carbonyl (C=O) groups is 3.